The van der Waals surface area contributed by atoms with Crippen molar-refractivity contribution in [2.75, 3.05) is 7.05 Å². The Kier molecular flexibility index (Phi) is 1.80. The fourth-order valence-corrected chi connectivity index (χ4v) is 1.23. The summed E-state index contributed by atoms with van der Waals surface area (Å²) in [6.07, 6.45) is 0. The van der Waals surface area contributed by atoms with Gasteiger partial charge < -0.3 is 9.84 Å². The van der Waals surface area contributed by atoms with Crippen LogP contribution in [0.2, 0.25) is 0 Å². The van der Waals surface area contributed by atoms with Crippen molar-refractivity contribution in [1.29, 1.82) is 0 Å². The summed E-state index contributed by atoms with van der Waals surface area (Å²) in [6.45, 7) is 0.747. The fraction of sp³-hybridized carbons (Fsp3) is 0.222. The van der Waals surface area contributed by atoms with Crippen LogP contribution in [0.4, 0.5) is 0 Å². The highest BCUT2D eigenvalue weighted by Gasteiger charge is 2.04. The molecule has 0 radical (unpaired) electrons. The first-order valence-electron chi connectivity index (χ1n) is 3.89. The van der Waals surface area contributed by atoms with Crippen LogP contribution in [0.5, 0.6) is 0 Å². The van der Waals surface area contributed by atoms with E-state index in [1.54, 1.807) is 0 Å². The lowest BCUT2D eigenvalue weighted by Crippen LogP contribution is -2.05. The van der Waals surface area contributed by atoms with Gasteiger partial charge in [0.2, 0.25) is 0 Å². The molecule has 0 saturated carbocycles. The quantitative estimate of drug-likeness (QED) is 0.728. The summed E-state index contributed by atoms with van der Waals surface area (Å²) >= 11 is 0. The van der Waals surface area contributed by atoms with Gasteiger partial charge in [-0.2, -0.15) is 0 Å². The number of fused-ring (bicyclic) bond motifs is 1. The van der Waals surface area contributed by atoms with E-state index in [9.17, 15) is 0 Å². The summed E-state index contributed by atoms with van der Waals surface area (Å²) in [4.78, 5) is 0. The molecule has 12 heavy (non-hydrogen) atoms. The maximum Gasteiger partial charge on any atom is 0.167 e. The number of benzene rings is 1. The first-order valence-corrected chi connectivity index (χ1v) is 3.89. The van der Waals surface area contributed by atoms with Crippen LogP contribution in [-0.4, -0.2) is 12.2 Å². The molecule has 0 spiro atoms. The Morgan fingerprint density at radius 3 is 3.08 bits per heavy atom. The molecular formula is C9H10N2O. The van der Waals surface area contributed by atoms with Gasteiger partial charge in [0.05, 0.1) is 0 Å². The third-order valence-corrected chi connectivity index (χ3v) is 1.80. The number of nitrogens with zero attached hydrogens (tertiary/aromatic N) is 1. The summed E-state index contributed by atoms with van der Waals surface area (Å²) < 4.78 is 5.11. The van der Waals surface area contributed by atoms with Crippen LogP contribution in [0.3, 0.4) is 0 Å². The Hall–Kier alpha value is -1.35. The van der Waals surface area contributed by atoms with Crippen LogP contribution in [-0.2, 0) is 6.54 Å². The van der Waals surface area contributed by atoms with Gasteiger partial charge in [0.1, 0.15) is 5.69 Å². The highest BCUT2D eigenvalue weighted by molar-refractivity contribution is 5.79. The summed E-state index contributed by atoms with van der Waals surface area (Å²) in [7, 11) is 1.89. The van der Waals surface area contributed by atoms with Gasteiger partial charge in [0, 0.05) is 11.9 Å². The van der Waals surface area contributed by atoms with Crippen molar-refractivity contribution >= 4 is 11.0 Å². The van der Waals surface area contributed by atoms with Crippen molar-refractivity contribution < 1.29 is 4.52 Å². The van der Waals surface area contributed by atoms with Crippen LogP contribution in [0.1, 0.15) is 5.69 Å². The van der Waals surface area contributed by atoms with Crippen molar-refractivity contribution in [2.24, 2.45) is 0 Å². The Morgan fingerprint density at radius 1 is 1.42 bits per heavy atom. The number of nitrogens with one attached hydrogen (secondary N) is 1. The number of aromatic nitrogens is 1. The first kappa shape index (κ1) is 7.31. The van der Waals surface area contributed by atoms with Gasteiger partial charge in [-0.3, -0.25) is 0 Å². The van der Waals surface area contributed by atoms with E-state index in [0.717, 1.165) is 23.2 Å². The van der Waals surface area contributed by atoms with E-state index in [0.29, 0.717) is 0 Å². The third kappa shape index (κ3) is 1.08. The molecule has 0 aliphatic heterocycles. The molecule has 3 nitrogen and oxygen atoms in total. The maximum absolute atomic E-state index is 5.11. The molecular weight excluding hydrogens is 152 g/mol. The average molecular weight is 162 g/mol. The van der Waals surface area contributed by atoms with E-state index in [2.05, 4.69) is 10.5 Å². The van der Waals surface area contributed by atoms with Crippen LogP contribution >= 0.6 is 0 Å². The average Bonchev–Trinajstić information content (AvgIpc) is 2.50. The van der Waals surface area contributed by atoms with Gasteiger partial charge in [0.15, 0.2) is 5.58 Å². The van der Waals surface area contributed by atoms with Gasteiger partial charge in [0.25, 0.3) is 0 Å². The minimum Gasteiger partial charge on any atom is -0.356 e. The largest absolute Gasteiger partial charge is 0.356 e. The molecule has 62 valence electrons. The maximum atomic E-state index is 5.11. The second-order valence-corrected chi connectivity index (χ2v) is 2.66. The standard InChI is InChI=1S/C9H10N2O/c1-10-6-8-7-4-2-3-5-9(7)12-11-8/h2-5,10H,6H2,1H3. The van der Waals surface area contributed by atoms with Crippen molar-refractivity contribution in [3.05, 3.63) is 30.0 Å². The lowest BCUT2D eigenvalue weighted by Gasteiger charge is -1.91. The molecule has 1 aromatic heterocycles. The number of hydrogen-bond donors (Lipinski definition) is 1. The lowest BCUT2D eigenvalue weighted by atomic mass is 10.2. The lowest BCUT2D eigenvalue weighted by molar-refractivity contribution is 0.443. The molecule has 0 unspecified atom stereocenters. The van der Waals surface area contributed by atoms with E-state index >= 15 is 0 Å². The molecule has 1 aromatic carbocycles. The molecule has 0 aliphatic rings. The highest BCUT2D eigenvalue weighted by atomic mass is 16.5. The van der Waals surface area contributed by atoms with Crippen LogP contribution in [0, 0.1) is 0 Å². The molecule has 0 aliphatic carbocycles. The predicted molar refractivity (Wildman–Crippen MR) is 46.8 cm³/mol. The third-order valence-electron chi connectivity index (χ3n) is 1.80. The number of hydrogen-bond acceptors (Lipinski definition) is 3. The smallest absolute Gasteiger partial charge is 0.167 e. The zero-order chi connectivity index (χ0) is 8.39. The first-order chi connectivity index (χ1) is 5.92. The summed E-state index contributed by atoms with van der Waals surface area (Å²) in [5.74, 6) is 0. The van der Waals surface area contributed by atoms with Crippen LogP contribution in [0.15, 0.2) is 28.8 Å². The van der Waals surface area contributed by atoms with Crippen molar-refractivity contribution in [2.45, 2.75) is 6.54 Å². The zero-order valence-electron chi connectivity index (χ0n) is 6.87. The summed E-state index contributed by atoms with van der Waals surface area (Å²) in [5, 5.41) is 8.08. The van der Waals surface area contributed by atoms with Gasteiger partial charge in [-0.15, -0.1) is 0 Å². The SMILES string of the molecule is CNCc1noc2ccccc12. The van der Waals surface area contributed by atoms with Gasteiger partial charge >= 0.3 is 0 Å². The van der Waals surface area contributed by atoms with Gasteiger partial charge in [-0.05, 0) is 19.2 Å². The molecule has 1 N–H and O–H groups in total. The Bertz CT molecular complexity index is 381. The fourth-order valence-electron chi connectivity index (χ4n) is 1.23. The molecule has 0 fully saturated rings. The molecule has 0 bridgehead atoms. The monoisotopic (exact) mass is 162 g/mol. The number of rotatable bonds is 2. The molecule has 2 rings (SSSR count). The zero-order valence-corrected chi connectivity index (χ0v) is 6.87. The minimum absolute atomic E-state index is 0.747. The summed E-state index contributed by atoms with van der Waals surface area (Å²) in [6, 6.07) is 7.86. The van der Waals surface area contributed by atoms with E-state index in [4.69, 9.17) is 4.52 Å². The van der Waals surface area contributed by atoms with Gasteiger partial charge in [-0.25, -0.2) is 0 Å². The highest BCUT2D eigenvalue weighted by Crippen LogP contribution is 2.16. The second-order valence-electron chi connectivity index (χ2n) is 2.66. The Labute approximate surface area is 70.4 Å². The molecule has 0 atom stereocenters. The van der Waals surface area contributed by atoms with Crippen LogP contribution in [0.25, 0.3) is 11.0 Å². The normalized spacial score (nSPS) is 10.8. The van der Waals surface area contributed by atoms with E-state index in [-0.39, 0.29) is 0 Å². The minimum atomic E-state index is 0.747. The molecule has 0 amide bonds. The topological polar surface area (TPSA) is 38.1 Å². The predicted octanol–water partition coefficient (Wildman–Crippen LogP) is 1.55. The molecule has 2 aromatic rings. The summed E-state index contributed by atoms with van der Waals surface area (Å²) in [5.41, 5.74) is 1.82. The van der Waals surface area contributed by atoms with E-state index < -0.39 is 0 Å². The molecule has 3 heteroatoms. The molecule has 1 heterocycles. The Morgan fingerprint density at radius 2 is 2.25 bits per heavy atom. The molecule has 0 saturated heterocycles. The number of para-hydroxylation sites is 1. The van der Waals surface area contributed by atoms with Crippen LogP contribution < -0.4 is 5.32 Å². The van der Waals surface area contributed by atoms with Crippen molar-refractivity contribution in [3.8, 4) is 0 Å². The van der Waals surface area contributed by atoms with Crippen molar-refractivity contribution in [3.63, 3.8) is 0 Å². The van der Waals surface area contributed by atoms with Gasteiger partial charge in [-0.1, -0.05) is 17.3 Å². The van der Waals surface area contributed by atoms with E-state index in [1.807, 2.05) is 31.3 Å². The second kappa shape index (κ2) is 2.95. The van der Waals surface area contributed by atoms with E-state index in [1.165, 1.54) is 0 Å². The van der Waals surface area contributed by atoms with Crippen molar-refractivity contribution in [1.82, 2.24) is 10.5 Å². The Balaban J connectivity index is 2.55.